The number of nitrogens with zero attached hydrogens (tertiary/aromatic N) is 3. The molecule has 1 aromatic heterocycles. The van der Waals surface area contributed by atoms with Gasteiger partial charge in [0.2, 0.25) is 11.8 Å². The Morgan fingerprint density at radius 2 is 2.06 bits per heavy atom. The number of fused-ring (bicyclic) bond motifs is 1. The molecular formula is C21H32N6O4. The van der Waals surface area contributed by atoms with E-state index in [9.17, 15) is 14.4 Å². The van der Waals surface area contributed by atoms with Gasteiger partial charge in [0.25, 0.3) is 0 Å². The van der Waals surface area contributed by atoms with E-state index in [0.29, 0.717) is 32.6 Å². The van der Waals surface area contributed by atoms with Crippen molar-refractivity contribution in [3.05, 3.63) is 30.1 Å². The Bertz CT molecular complexity index is 774. The van der Waals surface area contributed by atoms with Gasteiger partial charge in [-0.25, -0.2) is 4.79 Å². The minimum Gasteiger partial charge on any atom is -0.375 e. The van der Waals surface area contributed by atoms with Gasteiger partial charge in [0.05, 0.1) is 6.04 Å². The first-order valence-corrected chi connectivity index (χ1v) is 10.6. The minimum atomic E-state index is -0.674. The van der Waals surface area contributed by atoms with Crippen molar-refractivity contribution in [1.82, 2.24) is 30.7 Å². The largest absolute Gasteiger partial charge is 0.375 e. The van der Waals surface area contributed by atoms with Crippen LogP contribution in [0.15, 0.2) is 24.5 Å². The number of methoxy groups -OCH3 is 1. The summed E-state index contributed by atoms with van der Waals surface area (Å²) < 4.78 is 4.90. The van der Waals surface area contributed by atoms with Crippen molar-refractivity contribution in [2.24, 2.45) is 0 Å². The third-order valence-electron chi connectivity index (χ3n) is 5.40. The first-order chi connectivity index (χ1) is 14.9. The number of amides is 4. The molecule has 4 amide bonds. The fraction of sp³-hybridized carbons (Fsp3) is 0.619. The quantitative estimate of drug-likeness (QED) is 0.545. The Hall–Kier alpha value is -2.72. The SMILES string of the molecule is COCC(=O)N[C@H]1CN(Cc2cccnc2)C[C@@H]2C[C@H](NC(=O)NC(C)C)CN2C1=O. The molecule has 2 aliphatic heterocycles. The molecule has 0 unspecified atom stereocenters. The monoisotopic (exact) mass is 432 g/mol. The number of hydrogen-bond donors (Lipinski definition) is 3. The first-order valence-electron chi connectivity index (χ1n) is 10.6. The average molecular weight is 433 g/mol. The number of aromatic nitrogens is 1. The fourth-order valence-electron chi connectivity index (χ4n) is 4.22. The van der Waals surface area contributed by atoms with Crippen LogP contribution < -0.4 is 16.0 Å². The number of carbonyl (C=O) groups excluding carboxylic acids is 3. The van der Waals surface area contributed by atoms with Crippen molar-refractivity contribution >= 4 is 17.8 Å². The summed E-state index contributed by atoms with van der Waals surface area (Å²) in [7, 11) is 1.44. The molecule has 3 N–H and O–H groups in total. The van der Waals surface area contributed by atoms with Crippen LogP contribution in [0.25, 0.3) is 0 Å². The number of hydrogen-bond acceptors (Lipinski definition) is 6. The number of urea groups is 1. The van der Waals surface area contributed by atoms with Gasteiger partial charge in [-0.05, 0) is 31.9 Å². The summed E-state index contributed by atoms with van der Waals surface area (Å²) in [6.07, 6.45) is 4.19. The zero-order valence-electron chi connectivity index (χ0n) is 18.3. The average Bonchev–Trinajstić information content (AvgIpc) is 3.04. The van der Waals surface area contributed by atoms with Crippen LogP contribution in [0.5, 0.6) is 0 Å². The molecule has 1 aromatic rings. The third-order valence-corrected chi connectivity index (χ3v) is 5.40. The highest BCUT2D eigenvalue weighted by Crippen LogP contribution is 2.24. The number of ether oxygens (including phenoxy) is 1. The van der Waals surface area contributed by atoms with E-state index in [1.807, 2.05) is 26.0 Å². The van der Waals surface area contributed by atoms with E-state index in [1.54, 1.807) is 17.3 Å². The summed E-state index contributed by atoms with van der Waals surface area (Å²) in [6.45, 7) is 5.79. The second-order valence-corrected chi connectivity index (χ2v) is 8.46. The molecule has 2 fully saturated rings. The van der Waals surface area contributed by atoms with Crippen molar-refractivity contribution < 1.29 is 19.1 Å². The number of rotatable bonds is 7. The molecule has 2 saturated heterocycles. The maximum atomic E-state index is 13.3. The number of carbonyl (C=O) groups is 3. The maximum Gasteiger partial charge on any atom is 0.315 e. The van der Waals surface area contributed by atoms with E-state index in [0.717, 1.165) is 5.56 Å². The van der Waals surface area contributed by atoms with E-state index >= 15 is 0 Å². The van der Waals surface area contributed by atoms with Gasteiger partial charge in [-0.2, -0.15) is 0 Å². The zero-order chi connectivity index (χ0) is 22.4. The van der Waals surface area contributed by atoms with E-state index in [4.69, 9.17) is 4.74 Å². The second-order valence-electron chi connectivity index (χ2n) is 8.46. The van der Waals surface area contributed by atoms with Crippen LogP contribution in [0.2, 0.25) is 0 Å². The molecule has 0 aromatic carbocycles. The lowest BCUT2D eigenvalue weighted by molar-refractivity contribution is -0.137. The summed E-state index contributed by atoms with van der Waals surface area (Å²) in [5, 5.41) is 8.60. The van der Waals surface area contributed by atoms with Gasteiger partial charge < -0.3 is 25.6 Å². The van der Waals surface area contributed by atoms with E-state index in [1.165, 1.54) is 7.11 Å². The smallest absolute Gasteiger partial charge is 0.315 e. The molecule has 0 aliphatic carbocycles. The Labute approximate surface area is 182 Å². The van der Waals surface area contributed by atoms with Crippen molar-refractivity contribution in [1.29, 1.82) is 0 Å². The molecule has 3 rings (SSSR count). The van der Waals surface area contributed by atoms with Crippen LogP contribution >= 0.6 is 0 Å². The summed E-state index contributed by atoms with van der Waals surface area (Å²) in [4.78, 5) is 45.7. The van der Waals surface area contributed by atoms with E-state index in [2.05, 4.69) is 25.8 Å². The normalized spacial score (nSPS) is 23.9. The molecule has 170 valence electrons. The molecule has 2 aliphatic rings. The van der Waals surface area contributed by atoms with Gasteiger partial charge in [0, 0.05) is 57.8 Å². The van der Waals surface area contributed by atoms with E-state index in [-0.39, 0.29) is 42.6 Å². The Morgan fingerprint density at radius 1 is 1.26 bits per heavy atom. The molecule has 10 nitrogen and oxygen atoms in total. The molecule has 0 radical (unpaired) electrons. The fourth-order valence-corrected chi connectivity index (χ4v) is 4.22. The lowest BCUT2D eigenvalue weighted by atomic mass is 10.1. The van der Waals surface area contributed by atoms with Crippen LogP contribution in [0.1, 0.15) is 25.8 Å². The zero-order valence-corrected chi connectivity index (χ0v) is 18.3. The summed E-state index contributed by atoms with van der Waals surface area (Å²) >= 11 is 0. The molecule has 0 bridgehead atoms. The highest BCUT2D eigenvalue weighted by atomic mass is 16.5. The van der Waals surface area contributed by atoms with Crippen molar-refractivity contribution in [2.45, 2.75) is 51.0 Å². The predicted octanol–water partition coefficient (Wildman–Crippen LogP) is -0.294. The number of pyridine rings is 1. The highest BCUT2D eigenvalue weighted by Gasteiger charge is 2.42. The Kier molecular flexibility index (Phi) is 7.80. The lowest BCUT2D eigenvalue weighted by Gasteiger charge is -2.25. The van der Waals surface area contributed by atoms with Gasteiger partial charge in [-0.1, -0.05) is 6.07 Å². The first kappa shape index (κ1) is 23.0. The topological polar surface area (TPSA) is 116 Å². The van der Waals surface area contributed by atoms with Crippen molar-refractivity contribution in [3.63, 3.8) is 0 Å². The maximum absolute atomic E-state index is 13.3. The molecular weight excluding hydrogens is 400 g/mol. The lowest BCUT2D eigenvalue weighted by Crippen LogP contribution is -2.52. The summed E-state index contributed by atoms with van der Waals surface area (Å²) in [5.41, 5.74) is 1.04. The minimum absolute atomic E-state index is 0.0316. The number of nitrogens with one attached hydrogen (secondary N) is 3. The van der Waals surface area contributed by atoms with Crippen LogP contribution in [0, 0.1) is 0 Å². The standard InChI is InChI=1S/C21H32N6O4/c1-14(2)23-21(30)24-16-7-17-11-26(9-15-5-4-6-22-8-15)12-18(20(29)27(17)10-16)25-19(28)13-31-3/h4-6,8,14,16-18H,7,9-13H2,1-3H3,(H,25,28)(H2,23,24,30)/t16-,17-,18-/m0/s1. The van der Waals surface area contributed by atoms with Crippen molar-refractivity contribution in [2.75, 3.05) is 33.4 Å². The molecule has 3 heterocycles. The molecule has 10 heteroatoms. The van der Waals surface area contributed by atoms with Gasteiger partial charge in [-0.3, -0.25) is 19.5 Å². The van der Waals surface area contributed by atoms with Crippen LogP contribution in [-0.2, 0) is 20.9 Å². The molecule has 0 saturated carbocycles. The van der Waals surface area contributed by atoms with Crippen molar-refractivity contribution in [3.8, 4) is 0 Å². The highest BCUT2D eigenvalue weighted by molar-refractivity contribution is 5.89. The van der Waals surface area contributed by atoms with Crippen LogP contribution in [0.3, 0.4) is 0 Å². The van der Waals surface area contributed by atoms with Crippen LogP contribution in [-0.4, -0.2) is 90.1 Å². The predicted molar refractivity (Wildman–Crippen MR) is 114 cm³/mol. The Balaban J connectivity index is 1.73. The Morgan fingerprint density at radius 3 is 2.74 bits per heavy atom. The summed E-state index contributed by atoms with van der Waals surface area (Å²) in [5.74, 6) is -0.456. The van der Waals surface area contributed by atoms with Gasteiger partial charge in [-0.15, -0.1) is 0 Å². The molecule has 0 spiro atoms. The van der Waals surface area contributed by atoms with Gasteiger partial charge in [0.1, 0.15) is 12.6 Å². The third kappa shape index (κ3) is 6.38. The molecule has 31 heavy (non-hydrogen) atoms. The second kappa shape index (κ2) is 10.5. The molecule has 3 atom stereocenters. The van der Waals surface area contributed by atoms with E-state index < -0.39 is 6.04 Å². The van der Waals surface area contributed by atoms with Crippen LogP contribution in [0.4, 0.5) is 4.79 Å². The van der Waals surface area contributed by atoms with Gasteiger partial charge in [0.15, 0.2) is 0 Å². The summed E-state index contributed by atoms with van der Waals surface area (Å²) in [6, 6.07) is 2.81. The van der Waals surface area contributed by atoms with Gasteiger partial charge >= 0.3 is 6.03 Å².